The SMILES string of the molecule is CC(C)N1CCOC(CNCCn2ccnn2)C1. The molecule has 2 heterocycles. The highest BCUT2D eigenvalue weighted by molar-refractivity contribution is 4.75. The summed E-state index contributed by atoms with van der Waals surface area (Å²) in [6, 6.07) is 0.603. The van der Waals surface area contributed by atoms with Gasteiger partial charge in [0.1, 0.15) is 0 Å². The standard InChI is InChI=1S/C12H23N5O/c1-11(2)16-7-8-18-12(10-16)9-13-3-5-17-6-4-14-15-17/h4,6,11-13H,3,5,7-10H2,1-2H3. The maximum Gasteiger partial charge on any atom is 0.0826 e. The van der Waals surface area contributed by atoms with E-state index in [1.807, 2.05) is 10.9 Å². The second-order valence-corrected chi connectivity index (χ2v) is 4.95. The number of ether oxygens (including phenoxy) is 1. The van der Waals surface area contributed by atoms with Crippen LogP contribution < -0.4 is 5.32 Å². The van der Waals surface area contributed by atoms with E-state index in [1.165, 1.54) is 0 Å². The van der Waals surface area contributed by atoms with Gasteiger partial charge in [0.05, 0.1) is 25.5 Å². The zero-order valence-electron chi connectivity index (χ0n) is 11.2. The smallest absolute Gasteiger partial charge is 0.0826 e. The Bertz CT molecular complexity index is 327. The van der Waals surface area contributed by atoms with Crippen molar-refractivity contribution in [2.45, 2.75) is 32.5 Å². The van der Waals surface area contributed by atoms with Crippen LogP contribution >= 0.6 is 0 Å². The van der Waals surface area contributed by atoms with Crippen LogP contribution in [0.4, 0.5) is 0 Å². The lowest BCUT2D eigenvalue weighted by Gasteiger charge is -2.35. The molecule has 0 spiro atoms. The van der Waals surface area contributed by atoms with Crippen molar-refractivity contribution in [1.29, 1.82) is 0 Å². The summed E-state index contributed by atoms with van der Waals surface area (Å²) in [6.45, 7) is 10.0. The number of hydrogen-bond acceptors (Lipinski definition) is 5. The Kier molecular flexibility index (Phi) is 5.10. The van der Waals surface area contributed by atoms with Crippen molar-refractivity contribution in [1.82, 2.24) is 25.2 Å². The Balaban J connectivity index is 1.61. The molecule has 102 valence electrons. The van der Waals surface area contributed by atoms with E-state index >= 15 is 0 Å². The Morgan fingerprint density at radius 3 is 3.11 bits per heavy atom. The van der Waals surface area contributed by atoms with Gasteiger partial charge < -0.3 is 10.1 Å². The van der Waals surface area contributed by atoms with Gasteiger partial charge in [-0.1, -0.05) is 5.21 Å². The molecule has 1 aromatic rings. The molecule has 1 saturated heterocycles. The molecule has 1 aliphatic heterocycles. The molecule has 6 nitrogen and oxygen atoms in total. The number of rotatable bonds is 6. The molecule has 1 aromatic heterocycles. The lowest BCUT2D eigenvalue weighted by molar-refractivity contribution is -0.0371. The van der Waals surface area contributed by atoms with Crippen LogP contribution in [-0.2, 0) is 11.3 Å². The highest BCUT2D eigenvalue weighted by Gasteiger charge is 2.21. The average molecular weight is 253 g/mol. The van der Waals surface area contributed by atoms with E-state index in [0.717, 1.165) is 39.3 Å². The van der Waals surface area contributed by atoms with Gasteiger partial charge in [-0.2, -0.15) is 0 Å². The van der Waals surface area contributed by atoms with Crippen LogP contribution in [0.1, 0.15) is 13.8 Å². The monoisotopic (exact) mass is 253 g/mol. The van der Waals surface area contributed by atoms with Gasteiger partial charge in [-0.05, 0) is 13.8 Å². The molecule has 6 heteroatoms. The van der Waals surface area contributed by atoms with Crippen molar-refractivity contribution >= 4 is 0 Å². The summed E-state index contributed by atoms with van der Waals surface area (Å²) in [7, 11) is 0. The summed E-state index contributed by atoms with van der Waals surface area (Å²) < 4.78 is 7.59. The minimum absolute atomic E-state index is 0.303. The molecule has 1 atom stereocenters. The van der Waals surface area contributed by atoms with E-state index in [9.17, 15) is 0 Å². The average Bonchev–Trinajstić information content (AvgIpc) is 2.88. The lowest BCUT2D eigenvalue weighted by atomic mass is 10.2. The molecule has 1 N–H and O–H groups in total. The van der Waals surface area contributed by atoms with Crippen LogP contribution in [0.25, 0.3) is 0 Å². The molecule has 2 rings (SSSR count). The van der Waals surface area contributed by atoms with Crippen molar-refractivity contribution in [2.24, 2.45) is 0 Å². The molecule has 1 unspecified atom stereocenters. The normalized spacial score (nSPS) is 21.6. The third kappa shape index (κ3) is 4.04. The minimum Gasteiger partial charge on any atom is -0.374 e. The number of nitrogens with one attached hydrogen (secondary N) is 1. The van der Waals surface area contributed by atoms with E-state index in [2.05, 4.69) is 34.4 Å². The number of hydrogen-bond donors (Lipinski definition) is 1. The first-order valence-corrected chi connectivity index (χ1v) is 6.66. The van der Waals surface area contributed by atoms with E-state index in [0.29, 0.717) is 12.1 Å². The first-order chi connectivity index (χ1) is 8.75. The van der Waals surface area contributed by atoms with Gasteiger partial charge in [-0.3, -0.25) is 9.58 Å². The van der Waals surface area contributed by atoms with Crippen LogP contribution in [0.15, 0.2) is 12.4 Å². The zero-order valence-corrected chi connectivity index (χ0v) is 11.2. The molecule has 0 aromatic carbocycles. The third-order valence-corrected chi connectivity index (χ3v) is 3.26. The zero-order chi connectivity index (χ0) is 12.8. The van der Waals surface area contributed by atoms with Crippen molar-refractivity contribution in [2.75, 3.05) is 32.8 Å². The van der Waals surface area contributed by atoms with Crippen molar-refractivity contribution < 1.29 is 4.74 Å². The summed E-state index contributed by atoms with van der Waals surface area (Å²) >= 11 is 0. The fraction of sp³-hybridized carbons (Fsp3) is 0.833. The summed E-state index contributed by atoms with van der Waals surface area (Å²) in [6.07, 6.45) is 3.88. The molecular weight excluding hydrogens is 230 g/mol. The number of morpholine rings is 1. The predicted octanol–water partition coefficient (Wildman–Crippen LogP) is -0.0231. The highest BCUT2D eigenvalue weighted by atomic mass is 16.5. The Morgan fingerprint density at radius 2 is 2.39 bits per heavy atom. The third-order valence-electron chi connectivity index (χ3n) is 3.26. The van der Waals surface area contributed by atoms with Crippen LogP contribution in [0.2, 0.25) is 0 Å². The Morgan fingerprint density at radius 1 is 1.50 bits per heavy atom. The van der Waals surface area contributed by atoms with Gasteiger partial charge in [0, 0.05) is 38.4 Å². The molecule has 1 aliphatic rings. The second-order valence-electron chi connectivity index (χ2n) is 4.95. The molecular formula is C12H23N5O. The van der Waals surface area contributed by atoms with Crippen LogP contribution in [0, 0.1) is 0 Å². The van der Waals surface area contributed by atoms with Crippen LogP contribution in [0.5, 0.6) is 0 Å². The predicted molar refractivity (Wildman–Crippen MR) is 69.3 cm³/mol. The quantitative estimate of drug-likeness (QED) is 0.722. The fourth-order valence-electron chi connectivity index (χ4n) is 2.14. The molecule has 0 saturated carbocycles. The number of aromatic nitrogens is 3. The summed E-state index contributed by atoms with van der Waals surface area (Å²) in [4.78, 5) is 2.47. The van der Waals surface area contributed by atoms with E-state index in [4.69, 9.17) is 4.74 Å². The van der Waals surface area contributed by atoms with Crippen molar-refractivity contribution in [3.8, 4) is 0 Å². The van der Waals surface area contributed by atoms with E-state index < -0.39 is 0 Å². The van der Waals surface area contributed by atoms with Gasteiger partial charge in [0.2, 0.25) is 0 Å². The Hall–Kier alpha value is -0.980. The summed E-state index contributed by atoms with van der Waals surface area (Å²) in [5.74, 6) is 0. The number of nitrogens with zero attached hydrogens (tertiary/aromatic N) is 4. The van der Waals surface area contributed by atoms with Gasteiger partial charge in [0.15, 0.2) is 0 Å². The fourth-order valence-corrected chi connectivity index (χ4v) is 2.14. The molecule has 0 radical (unpaired) electrons. The molecule has 0 amide bonds. The Labute approximate surface area is 108 Å². The minimum atomic E-state index is 0.303. The van der Waals surface area contributed by atoms with E-state index in [-0.39, 0.29) is 0 Å². The molecule has 0 bridgehead atoms. The summed E-state index contributed by atoms with van der Waals surface area (Å²) in [5.41, 5.74) is 0. The maximum atomic E-state index is 5.76. The first kappa shape index (κ1) is 13.5. The molecule has 1 fully saturated rings. The first-order valence-electron chi connectivity index (χ1n) is 6.66. The van der Waals surface area contributed by atoms with Crippen molar-refractivity contribution in [3.63, 3.8) is 0 Å². The van der Waals surface area contributed by atoms with E-state index in [1.54, 1.807) is 6.20 Å². The van der Waals surface area contributed by atoms with Gasteiger partial charge in [0.25, 0.3) is 0 Å². The summed E-state index contributed by atoms with van der Waals surface area (Å²) in [5, 5.41) is 11.1. The highest BCUT2D eigenvalue weighted by Crippen LogP contribution is 2.07. The maximum absolute atomic E-state index is 5.76. The van der Waals surface area contributed by atoms with Gasteiger partial charge >= 0.3 is 0 Å². The van der Waals surface area contributed by atoms with Crippen LogP contribution in [-0.4, -0.2) is 64.8 Å². The van der Waals surface area contributed by atoms with Crippen molar-refractivity contribution in [3.05, 3.63) is 12.4 Å². The largest absolute Gasteiger partial charge is 0.374 e. The molecule has 0 aliphatic carbocycles. The molecule has 18 heavy (non-hydrogen) atoms. The lowest BCUT2D eigenvalue weighted by Crippen LogP contribution is -2.49. The second kappa shape index (κ2) is 6.82. The topological polar surface area (TPSA) is 55.2 Å². The van der Waals surface area contributed by atoms with Crippen LogP contribution in [0.3, 0.4) is 0 Å². The van der Waals surface area contributed by atoms with Gasteiger partial charge in [-0.25, -0.2) is 0 Å². The van der Waals surface area contributed by atoms with Gasteiger partial charge in [-0.15, -0.1) is 5.10 Å².